The van der Waals surface area contributed by atoms with Gasteiger partial charge in [-0.1, -0.05) is 12.0 Å². The molecule has 1 amide bonds. The molecule has 0 aliphatic carbocycles. The molecule has 0 aliphatic heterocycles. The molecule has 0 fully saturated rings. The number of rotatable bonds is 2. The van der Waals surface area contributed by atoms with Crippen molar-refractivity contribution in [2.24, 2.45) is 0 Å². The largest absolute Gasteiger partial charge is 0.310 e. The van der Waals surface area contributed by atoms with Gasteiger partial charge in [-0.15, -0.1) is 6.42 Å². The van der Waals surface area contributed by atoms with Crippen molar-refractivity contribution in [1.82, 2.24) is 4.98 Å². The summed E-state index contributed by atoms with van der Waals surface area (Å²) in [5.41, 5.74) is 0. The summed E-state index contributed by atoms with van der Waals surface area (Å²) in [7, 11) is 0. The number of amides is 1. The number of carbonyl (C=O) groups excluding carboxylic acids is 1. The Bertz CT molecular complexity index is 357. The van der Waals surface area contributed by atoms with E-state index in [1.807, 2.05) is 0 Å². The van der Waals surface area contributed by atoms with E-state index >= 15 is 0 Å². The maximum atomic E-state index is 11.0. The molecule has 0 aliphatic rings. The van der Waals surface area contributed by atoms with Crippen LogP contribution in [0.15, 0.2) is 22.8 Å². The predicted molar refractivity (Wildman–Crippen MR) is 54.0 cm³/mol. The van der Waals surface area contributed by atoms with Crippen LogP contribution in [-0.2, 0) is 4.79 Å². The molecule has 1 aromatic heterocycles. The van der Waals surface area contributed by atoms with Gasteiger partial charge in [0.15, 0.2) is 0 Å². The predicted octanol–water partition coefficient (Wildman–Crippen LogP) is 1.81. The number of nitrogens with zero attached hydrogens (tertiary/aromatic N) is 1. The van der Waals surface area contributed by atoms with E-state index < -0.39 is 0 Å². The van der Waals surface area contributed by atoms with Crippen molar-refractivity contribution in [3.63, 3.8) is 0 Å². The smallest absolute Gasteiger partial charge is 0.237 e. The highest BCUT2D eigenvalue weighted by Crippen LogP contribution is 2.09. The van der Waals surface area contributed by atoms with E-state index in [0.717, 1.165) is 0 Å². The summed E-state index contributed by atoms with van der Waals surface area (Å²) in [6.07, 6.45) is 5.04. The lowest BCUT2D eigenvalue weighted by Crippen LogP contribution is -2.11. The van der Waals surface area contributed by atoms with Gasteiger partial charge >= 0.3 is 0 Å². The summed E-state index contributed by atoms with van der Waals surface area (Å²) in [4.78, 5) is 15.0. The Labute approximate surface area is 84.7 Å². The summed E-state index contributed by atoms with van der Waals surface area (Å²) >= 11 is 3.19. The monoisotopic (exact) mass is 238 g/mol. The molecule has 0 spiro atoms. The summed E-state index contributed by atoms with van der Waals surface area (Å²) in [5.74, 6) is 2.52. The van der Waals surface area contributed by atoms with Gasteiger partial charge in [-0.2, -0.15) is 0 Å². The van der Waals surface area contributed by atoms with Crippen molar-refractivity contribution in [3.05, 3.63) is 22.8 Å². The highest BCUT2D eigenvalue weighted by atomic mass is 79.9. The van der Waals surface area contributed by atoms with Gasteiger partial charge in [0.05, 0.1) is 6.42 Å². The average molecular weight is 239 g/mol. The Balaban J connectivity index is 2.65. The van der Waals surface area contributed by atoms with Gasteiger partial charge in [0.25, 0.3) is 0 Å². The van der Waals surface area contributed by atoms with E-state index in [1.54, 1.807) is 18.2 Å². The zero-order valence-corrected chi connectivity index (χ0v) is 8.34. The standard InChI is InChI=1S/C9H7BrN2O/c1-2-4-9(13)12-8-6-3-5-7(10)11-8/h1,3,5-6H,4H2,(H,11,12,13). The summed E-state index contributed by atoms with van der Waals surface area (Å²) in [6, 6.07) is 5.25. The Morgan fingerprint density at radius 2 is 2.46 bits per heavy atom. The number of anilines is 1. The number of pyridine rings is 1. The second-order valence-corrected chi connectivity index (χ2v) is 3.09. The topological polar surface area (TPSA) is 42.0 Å². The lowest BCUT2D eigenvalue weighted by Gasteiger charge is -2.01. The SMILES string of the molecule is C#CCC(=O)Nc1cccc(Br)n1. The lowest BCUT2D eigenvalue weighted by molar-refractivity contribution is -0.115. The molecule has 1 rings (SSSR count). The number of aromatic nitrogens is 1. The third kappa shape index (κ3) is 3.26. The molecule has 3 nitrogen and oxygen atoms in total. The van der Waals surface area contributed by atoms with Crippen LogP contribution in [0.3, 0.4) is 0 Å². The van der Waals surface area contributed by atoms with Crippen LogP contribution < -0.4 is 5.32 Å². The minimum Gasteiger partial charge on any atom is -0.310 e. The fourth-order valence-electron chi connectivity index (χ4n) is 0.758. The normalized spacial score (nSPS) is 8.92. The lowest BCUT2D eigenvalue weighted by atomic mass is 10.4. The molecule has 0 unspecified atom stereocenters. The van der Waals surface area contributed by atoms with E-state index in [2.05, 4.69) is 32.2 Å². The van der Waals surface area contributed by atoms with Crippen LogP contribution in [-0.4, -0.2) is 10.9 Å². The first kappa shape index (κ1) is 9.75. The highest BCUT2D eigenvalue weighted by molar-refractivity contribution is 9.10. The molecule has 0 bridgehead atoms. The zero-order valence-electron chi connectivity index (χ0n) is 6.75. The maximum absolute atomic E-state index is 11.0. The second-order valence-electron chi connectivity index (χ2n) is 2.27. The summed E-state index contributed by atoms with van der Waals surface area (Å²) < 4.78 is 0.672. The fourth-order valence-corrected chi connectivity index (χ4v) is 1.10. The van der Waals surface area contributed by atoms with Gasteiger partial charge in [-0.05, 0) is 28.1 Å². The number of halogens is 1. The molecule has 66 valence electrons. The Hall–Kier alpha value is -1.34. The molecule has 1 N–H and O–H groups in total. The van der Waals surface area contributed by atoms with Crippen LogP contribution in [0.2, 0.25) is 0 Å². The van der Waals surface area contributed by atoms with Crippen LogP contribution in [0.1, 0.15) is 6.42 Å². The van der Waals surface area contributed by atoms with Gasteiger partial charge in [0, 0.05) is 0 Å². The molecular formula is C9H7BrN2O. The Kier molecular flexibility index (Phi) is 3.47. The van der Waals surface area contributed by atoms with Crippen molar-refractivity contribution in [3.8, 4) is 12.3 Å². The van der Waals surface area contributed by atoms with Crippen LogP contribution in [0.25, 0.3) is 0 Å². The van der Waals surface area contributed by atoms with Crippen LogP contribution in [0, 0.1) is 12.3 Å². The molecule has 0 radical (unpaired) electrons. The first-order valence-corrected chi connectivity index (χ1v) is 4.37. The Morgan fingerprint density at radius 1 is 1.69 bits per heavy atom. The molecule has 13 heavy (non-hydrogen) atoms. The molecular weight excluding hydrogens is 232 g/mol. The number of hydrogen-bond acceptors (Lipinski definition) is 2. The van der Waals surface area contributed by atoms with Crippen molar-refractivity contribution in [1.29, 1.82) is 0 Å². The molecule has 0 saturated carbocycles. The van der Waals surface area contributed by atoms with Gasteiger partial charge < -0.3 is 5.32 Å². The van der Waals surface area contributed by atoms with Crippen LogP contribution in [0.5, 0.6) is 0 Å². The minimum absolute atomic E-state index is 0.0637. The molecule has 4 heteroatoms. The fraction of sp³-hybridized carbons (Fsp3) is 0.111. The minimum atomic E-state index is -0.229. The first-order valence-electron chi connectivity index (χ1n) is 3.58. The highest BCUT2D eigenvalue weighted by Gasteiger charge is 2.00. The zero-order chi connectivity index (χ0) is 9.68. The van der Waals surface area contributed by atoms with Crippen LogP contribution >= 0.6 is 15.9 Å². The van der Waals surface area contributed by atoms with Crippen molar-refractivity contribution in [2.45, 2.75) is 6.42 Å². The molecule has 0 saturated heterocycles. The number of nitrogens with one attached hydrogen (secondary N) is 1. The molecule has 0 aromatic carbocycles. The van der Waals surface area contributed by atoms with E-state index in [-0.39, 0.29) is 12.3 Å². The van der Waals surface area contributed by atoms with Crippen molar-refractivity contribution >= 4 is 27.7 Å². The van der Waals surface area contributed by atoms with Gasteiger partial charge in [0.1, 0.15) is 10.4 Å². The third-order valence-corrected chi connectivity index (χ3v) is 1.69. The molecule has 1 aromatic rings. The maximum Gasteiger partial charge on any atom is 0.237 e. The number of carbonyl (C=O) groups is 1. The number of hydrogen-bond donors (Lipinski definition) is 1. The van der Waals surface area contributed by atoms with Gasteiger partial charge in [-0.25, -0.2) is 4.98 Å². The summed E-state index contributed by atoms with van der Waals surface area (Å²) in [5, 5.41) is 2.56. The number of terminal acetylenes is 1. The Morgan fingerprint density at radius 3 is 3.08 bits per heavy atom. The van der Waals surface area contributed by atoms with Gasteiger partial charge in [0.2, 0.25) is 5.91 Å². The molecule has 0 atom stereocenters. The second kappa shape index (κ2) is 4.63. The average Bonchev–Trinajstić information content (AvgIpc) is 2.04. The third-order valence-electron chi connectivity index (χ3n) is 1.25. The van der Waals surface area contributed by atoms with Gasteiger partial charge in [-0.3, -0.25) is 4.79 Å². The van der Waals surface area contributed by atoms with Crippen molar-refractivity contribution in [2.75, 3.05) is 5.32 Å². The van der Waals surface area contributed by atoms with E-state index in [9.17, 15) is 4.79 Å². The molecule has 1 heterocycles. The van der Waals surface area contributed by atoms with E-state index in [0.29, 0.717) is 10.4 Å². The van der Waals surface area contributed by atoms with E-state index in [4.69, 9.17) is 6.42 Å². The van der Waals surface area contributed by atoms with E-state index in [1.165, 1.54) is 0 Å². The summed E-state index contributed by atoms with van der Waals surface area (Å²) in [6.45, 7) is 0. The van der Waals surface area contributed by atoms with Crippen molar-refractivity contribution < 1.29 is 4.79 Å². The first-order chi connectivity index (χ1) is 6.22. The van der Waals surface area contributed by atoms with Crippen LogP contribution in [0.4, 0.5) is 5.82 Å². The quantitative estimate of drug-likeness (QED) is 0.631.